The van der Waals surface area contributed by atoms with Gasteiger partial charge >= 0.3 is 0 Å². The first-order valence-corrected chi connectivity index (χ1v) is 9.08. The Morgan fingerprint density at radius 1 is 1.23 bits per heavy atom. The van der Waals surface area contributed by atoms with Gasteiger partial charge in [-0.05, 0) is 43.0 Å². The Balaban J connectivity index is 1.71. The number of carbonyl (C=O) groups is 1. The number of rotatable bonds is 3. The lowest BCUT2D eigenvalue weighted by Crippen LogP contribution is -3.14. The van der Waals surface area contributed by atoms with Crippen LogP contribution in [-0.2, 0) is 4.79 Å². The van der Waals surface area contributed by atoms with E-state index in [1.165, 1.54) is 35.9 Å². The molecule has 116 valence electrons. The fourth-order valence-electron chi connectivity index (χ4n) is 2.78. The van der Waals surface area contributed by atoms with Crippen molar-refractivity contribution in [1.82, 2.24) is 4.90 Å². The second-order valence-corrected chi connectivity index (χ2v) is 7.74. The van der Waals surface area contributed by atoms with Gasteiger partial charge in [-0.15, -0.1) is 0 Å². The molecule has 6 heteroatoms. The third kappa shape index (κ3) is 3.71. The summed E-state index contributed by atoms with van der Waals surface area (Å²) in [6.07, 6.45) is 5.68. The van der Waals surface area contributed by atoms with Gasteiger partial charge < -0.3 is 4.90 Å². The number of amides is 1. The summed E-state index contributed by atoms with van der Waals surface area (Å²) in [6.45, 7) is 2.96. The zero-order valence-corrected chi connectivity index (χ0v) is 14.6. The van der Waals surface area contributed by atoms with Gasteiger partial charge in [-0.25, -0.2) is 4.90 Å². The summed E-state index contributed by atoms with van der Waals surface area (Å²) in [6, 6.07) is 7.47. The number of piperidine rings is 1. The van der Waals surface area contributed by atoms with Crippen LogP contribution in [0.3, 0.4) is 0 Å². The number of nitrogens with one attached hydrogen (secondary N) is 1. The van der Waals surface area contributed by atoms with Crippen LogP contribution in [0.2, 0.25) is 5.02 Å². The lowest BCUT2D eigenvalue weighted by atomic mass is 10.1. The largest absolute Gasteiger partial charge is 0.317 e. The molecular formula is C16H18ClN2OS2+. The van der Waals surface area contributed by atoms with E-state index in [4.69, 9.17) is 23.8 Å². The molecule has 2 aliphatic heterocycles. The van der Waals surface area contributed by atoms with Gasteiger partial charge in [0.15, 0.2) is 11.0 Å². The maximum Gasteiger partial charge on any atom is 0.270 e. The van der Waals surface area contributed by atoms with Gasteiger partial charge in [-0.3, -0.25) is 4.79 Å². The second kappa shape index (κ2) is 7.13. The number of benzene rings is 1. The molecule has 0 atom stereocenters. The highest BCUT2D eigenvalue weighted by Crippen LogP contribution is 2.32. The van der Waals surface area contributed by atoms with E-state index in [1.54, 1.807) is 4.90 Å². The van der Waals surface area contributed by atoms with Crippen LogP contribution in [0.25, 0.3) is 6.08 Å². The average Bonchev–Trinajstić information content (AvgIpc) is 2.78. The Morgan fingerprint density at radius 3 is 2.59 bits per heavy atom. The normalized spacial score (nSPS) is 21.9. The van der Waals surface area contributed by atoms with E-state index in [-0.39, 0.29) is 5.91 Å². The lowest BCUT2D eigenvalue weighted by Gasteiger charge is -2.27. The SMILES string of the molecule is O=C1/C(=C/c2ccc(Cl)cc2)SC(=S)N1C[NH+]1CCCCC1. The van der Waals surface area contributed by atoms with Crippen molar-refractivity contribution in [3.63, 3.8) is 0 Å². The highest BCUT2D eigenvalue weighted by molar-refractivity contribution is 8.26. The topological polar surface area (TPSA) is 24.8 Å². The third-order valence-corrected chi connectivity index (χ3v) is 5.61. The van der Waals surface area contributed by atoms with Gasteiger partial charge in [0.25, 0.3) is 5.91 Å². The van der Waals surface area contributed by atoms with Crippen LogP contribution in [0.5, 0.6) is 0 Å². The third-order valence-electron chi connectivity index (χ3n) is 3.98. The minimum Gasteiger partial charge on any atom is -0.317 e. The molecule has 2 saturated heterocycles. The molecule has 1 aromatic rings. The molecule has 0 aromatic heterocycles. The highest BCUT2D eigenvalue weighted by atomic mass is 35.5. The minimum atomic E-state index is 0.0306. The zero-order valence-electron chi connectivity index (χ0n) is 12.2. The van der Waals surface area contributed by atoms with Crippen LogP contribution in [0.15, 0.2) is 29.2 Å². The van der Waals surface area contributed by atoms with E-state index in [2.05, 4.69) is 0 Å². The maximum atomic E-state index is 12.6. The molecule has 0 radical (unpaired) electrons. The van der Waals surface area contributed by atoms with E-state index in [0.29, 0.717) is 20.9 Å². The molecule has 2 aliphatic rings. The van der Waals surface area contributed by atoms with Gasteiger partial charge in [0, 0.05) is 5.02 Å². The summed E-state index contributed by atoms with van der Waals surface area (Å²) >= 11 is 12.7. The van der Waals surface area contributed by atoms with Crippen LogP contribution in [0.1, 0.15) is 24.8 Å². The Bertz CT molecular complexity index is 609. The number of nitrogens with zero attached hydrogens (tertiary/aromatic N) is 1. The van der Waals surface area contributed by atoms with Crippen molar-refractivity contribution in [2.24, 2.45) is 0 Å². The number of thioether (sulfide) groups is 1. The first kappa shape index (κ1) is 16.0. The van der Waals surface area contributed by atoms with Crippen molar-refractivity contribution in [2.75, 3.05) is 19.8 Å². The number of hydrogen-bond acceptors (Lipinski definition) is 3. The van der Waals surface area contributed by atoms with E-state index in [0.717, 1.165) is 18.7 Å². The summed E-state index contributed by atoms with van der Waals surface area (Å²) in [4.78, 5) is 16.5. The Kier molecular flexibility index (Phi) is 5.18. The summed E-state index contributed by atoms with van der Waals surface area (Å²) in [5.41, 5.74) is 0.968. The number of halogens is 1. The van der Waals surface area contributed by atoms with Crippen LogP contribution in [-0.4, -0.2) is 34.9 Å². The van der Waals surface area contributed by atoms with Gasteiger partial charge in [-0.1, -0.05) is 47.7 Å². The van der Waals surface area contributed by atoms with Crippen molar-refractivity contribution in [3.05, 3.63) is 39.8 Å². The molecule has 1 N–H and O–H groups in total. The highest BCUT2D eigenvalue weighted by Gasteiger charge is 2.34. The first-order valence-electron chi connectivity index (χ1n) is 7.48. The molecule has 0 unspecified atom stereocenters. The number of hydrogen-bond donors (Lipinski definition) is 1. The molecule has 0 saturated carbocycles. The Morgan fingerprint density at radius 2 is 1.91 bits per heavy atom. The molecular weight excluding hydrogens is 336 g/mol. The summed E-state index contributed by atoms with van der Waals surface area (Å²) in [5.74, 6) is 0.0306. The minimum absolute atomic E-state index is 0.0306. The molecule has 0 spiro atoms. The summed E-state index contributed by atoms with van der Waals surface area (Å²) in [5, 5.41) is 0.693. The van der Waals surface area contributed by atoms with E-state index in [9.17, 15) is 4.79 Å². The molecule has 2 heterocycles. The van der Waals surface area contributed by atoms with E-state index in [1.807, 2.05) is 30.3 Å². The summed E-state index contributed by atoms with van der Waals surface area (Å²) in [7, 11) is 0. The Labute approximate surface area is 145 Å². The van der Waals surface area contributed by atoms with Crippen LogP contribution in [0, 0.1) is 0 Å². The van der Waals surface area contributed by atoms with Gasteiger partial charge in [0.2, 0.25) is 0 Å². The Hall–Kier alpha value is -0.880. The number of likely N-dealkylation sites (tertiary alicyclic amines) is 1. The van der Waals surface area contributed by atoms with Crippen LogP contribution in [0.4, 0.5) is 0 Å². The van der Waals surface area contributed by atoms with E-state index < -0.39 is 0 Å². The van der Waals surface area contributed by atoms with E-state index >= 15 is 0 Å². The second-order valence-electron chi connectivity index (χ2n) is 5.63. The first-order chi connectivity index (χ1) is 10.6. The fourth-order valence-corrected chi connectivity index (χ4v) is 4.16. The number of thiocarbonyl (C=S) groups is 1. The number of carbonyl (C=O) groups excluding carboxylic acids is 1. The molecule has 3 rings (SSSR count). The predicted octanol–water partition coefficient (Wildman–Crippen LogP) is 2.57. The molecule has 1 aromatic carbocycles. The standard InChI is InChI=1S/C16H17ClN2OS2/c17-13-6-4-12(5-7-13)10-14-15(20)19(16(21)22-14)11-18-8-2-1-3-9-18/h4-7,10H,1-3,8-9,11H2/p+1/b14-10-. The molecule has 2 fully saturated rings. The van der Waals surface area contributed by atoms with Crippen molar-refractivity contribution in [2.45, 2.75) is 19.3 Å². The van der Waals surface area contributed by atoms with Crippen molar-refractivity contribution < 1.29 is 9.69 Å². The average molecular weight is 354 g/mol. The quantitative estimate of drug-likeness (QED) is 0.667. The maximum absolute atomic E-state index is 12.6. The van der Waals surface area contributed by atoms with Gasteiger partial charge in [0.05, 0.1) is 18.0 Å². The molecule has 0 aliphatic carbocycles. The fraction of sp³-hybridized carbons (Fsp3) is 0.375. The zero-order chi connectivity index (χ0) is 15.5. The van der Waals surface area contributed by atoms with Gasteiger partial charge in [-0.2, -0.15) is 0 Å². The molecule has 0 bridgehead atoms. The van der Waals surface area contributed by atoms with Crippen molar-refractivity contribution in [1.29, 1.82) is 0 Å². The monoisotopic (exact) mass is 353 g/mol. The predicted molar refractivity (Wildman–Crippen MR) is 95.9 cm³/mol. The van der Waals surface area contributed by atoms with Crippen LogP contribution < -0.4 is 4.90 Å². The molecule has 3 nitrogen and oxygen atoms in total. The van der Waals surface area contributed by atoms with Crippen LogP contribution >= 0.6 is 35.6 Å². The smallest absolute Gasteiger partial charge is 0.270 e. The molecule has 22 heavy (non-hydrogen) atoms. The van der Waals surface area contributed by atoms with Gasteiger partial charge in [0.1, 0.15) is 0 Å². The summed E-state index contributed by atoms with van der Waals surface area (Å²) < 4.78 is 0.670. The van der Waals surface area contributed by atoms with Crippen molar-refractivity contribution >= 4 is 51.9 Å². The number of quaternary nitrogens is 1. The lowest BCUT2D eigenvalue weighted by molar-refractivity contribution is -0.911. The molecule has 1 amide bonds. The van der Waals surface area contributed by atoms with Crippen molar-refractivity contribution in [3.8, 4) is 0 Å².